The Labute approximate surface area is 181 Å². The average Bonchev–Trinajstić information content (AvgIpc) is 2.73. The normalized spacial score (nSPS) is 15.1. The fourth-order valence-electron chi connectivity index (χ4n) is 3.30. The zero-order valence-electron chi connectivity index (χ0n) is 16.7. The first-order chi connectivity index (χ1) is 14.3. The number of benzene rings is 2. The van der Waals surface area contributed by atoms with Crippen molar-refractivity contribution in [2.24, 2.45) is 0 Å². The van der Waals surface area contributed by atoms with E-state index < -0.39 is 10.0 Å². The largest absolute Gasteiger partial charge is 0.340 e. The maximum absolute atomic E-state index is 12.9. The van der Waals surface area contributed by atoms with Gasteiger partial charge in [-0.15, -0.1) is 0 Å². The number of aryl methyl sites for hydroxylation is 1. The molecule has 0 aliphatic carbocycles. The molecule has 7 nitrogen and oxygen atoms in total. The number of anilines is 1. The van der Waals surface area contributed by atoms with E-state index in [1.165, 1.54) is 23.4 Å². The summed E-state index contributed by atoms with van der Waals surface area (Å²) in [5.41, 5.74) is 1.58. The van der Waals surface area contributed by atoms with Crippen LogP contribution in [-0.2, 0) is 26.0 Å². The molecule has 0 atom stereocenters. The van der Waals surface area contributed by atoms with Crippen molar-refractivity contribution in [2.45, 2.75) is 24.7 Å². The second-order valence-electron chi connectivity index (χ2n) is 7.12. The molecule has 160 valence electrons. The molecular formula is C21H24ClN3O4S. The van der Waals surface area contributed by atoms with E-state index in [0.29, 0.717) is 36.6 Å². The van der Waals surface area contributed by atoms with Crippen LogP contribution in [0.4, 0.5) is 5.69 Å². The number of amides is 2. The number of sulfonamides is 1. The summed E-state index contributed by atoms with van der Waals surface area (Å²) in [6.45, 7) is 2.62. The number of piperazine rings is 1. The number of nitrogens with one attached hydrogen (secondary N) is 1. The summed E-state index contributed by atoms with van der Waals surface area (Å²) >= 11 is 5.87. The summed E-state index contributed by atoms with van der Waals surface area (Å²) in [7, 11) is -3.65. The Morgan fingerprint density at radius 2 is 1.57 bits per heavy atom. The van der Waals surface area contributed by atoms with Crippen molar-refractivity contribution in [2.75, 3.05) is 31.5 Å². The van der Waals surface area contributed by atoms with Crippen LogP contribution in [0.15, 0.2) is 53.4 Å². The lowest BCUT2D eigenvalue weighted by atomic mass is 10.1. The van der Waals surface area contributed by atoms with Crippen LogP contribution < -0.4 is 5.32 Å². The monoisotopic (exact) mass is 449 g/mol. The molecule has 1 N–H and O–H groups in total. The van der Waals surface area contributed by atoms with Crippen LogP contribution in [0.5, 0.6) is 0 Å². The van der Waals surface area contributed by atoms with E-state index >= 15 is 0 Å². The Bertz CT molecular complexity index is 1000. The molecule has 0 bridgehead atoms. The zero-order chi connectivity index (χ0) is 21.7. The molecule has 0 radical (unpaired) electrons. The Morgan fingerprint density at radius 1 is 0.967 bits per heavy atom. The van der Waals surface area contributed by atoms with Gasteiger partial charge in [0.2, 0.25) is 21.8 Å². The standard InChI is InChI=1S/C21H24ClN3O4S/c1-16(26)23-19-7-9-20(10-8-19)30(28,29)25-14-12-24(13-15-25)21(27)11-4-17-2-5-18(22)6-3-17/h2-3,5-10H,4,11-15H2,1H3,(H,23,26). The van der Waals surface area contributed by atoms with Crippen molar-refractivity contribution in [3.8, 4) is 0 Å². The molecule has 9 heteroatoms. The van der Waals surface area contributed by atoms with E-state index in [0.717, 1.165) is 5.56 Å². The number of hydrogen-bond acceptors (Lipinski definition) is 4. The van der Waals surface area contributed by atoms with Gasteiger partial charge in [0.25, 0.3) is 0 Å². The zero-order valence-corrected chi connectivity index (χ0v) is 18.2. The number of nitrogens with zero attached hydrogens (tertiary/aromatic N) is 2. The van der Waals surface area contributed by atoms with E-state index in [4.69, 9.17) is 11.6 Å². The van der Waals surface area contributed by atoms with Gasteiger partial charge in [-0.2, -0.15) is 4.31 Å². The molecule has 30 heavy (non-hydrogen) atoms. The van der Waals surface area contributed by atoms with Crippen molar-refractivity contribution in [1.29, 1.82) is 0 Å². The van der Waals surface area contributed by atoms with Crippen molar-refractivity contribution < 1.29 is 18.0 Å². The van der Waals surface area contributed by atoms with Crippen molar-refractivity contribution >= 4 is 39.1 Å². The van der Waals surface area contributed by atoms with E-state index in [2.05, 4.69) is 5.32 Å². The quantitative estimate of drug-likeness (QED) is 0.734. The van der Waals surface area contributed by atoms with Gasteiger partial charge in [0.1, 0.15) is 0 Å². The van der Waals surface area contributed by atoms with Gasteiger partial charge >= 0.3 is 0 Å². The predicted octanol–water partition coefficient (Wildman–Crippen LogP) is 2.76. The van der Waals surface area contributed by atoms with Crippen LogP contribution in [0.3, 0.4) is 0 Å². The number of hydrogen-bond donors (Lipinski definition) is 1. The molecule has 3 rings (SSSR count). The first-order valence-corrected chi connectivity index (χ1v) is 11.5. The average molecular weight is 450 g/mol. The maximum Gasteiger partial charge on any atom is 0.243 e. The van der Waals surface area contributed by atoms with E-state index in [1.54, 1.807) is 29.2 Å². The van der Waals surface area contributed by atoms with Gasteiger partial charge in [0.15, 0.2) is 0 Å². The van der Waals surface area contributed by atoms with Crippen molar-refractivity contribution in [1.82, 2.24) is 9.21 Å². The summed E-state index contributed by atoms with van der Waals surface area (Å²) in [5.74, 6) is -0.205. The van der Waals surface area contributed by atoms with Crippen LogP contribution in [0.2, 0.25) is 5.02 Å². The molecule has 0 spiro atoms. The van der Waals surface area contributed by atoms with Gasteiger partial charge in [-0.05, 0) is 48.4 Å². The van der Waals surface area contributed by atoms with Crippen LogP contribution in [-0.4, -0.2) is 55.6 Å². The highest BCUT2D eigenvalue weighted by Crippen LogP contribution is 2.20. The molecule has 0 saturated carbocycles. The lowest BCUT2D eigenvalue weighted by Gasteiger charge is -2.34. The van der Waals surface area contributed by atoms with Gasteiger partial charge in [-0.25, -0.2) is 8.42 Å². The first-order valence-electron chi connectivity index (χ1n) is 9.66. The SMILES string of the molecule is CC(=O)Nc1ccc(S(=O)(=O)N2CCN(C(=O)CCc3ccc(Cl)cc3)CC2)cc1. The molecule has 1 aliphatic rings. The fourth-order valence-corrected chi connectivity index (χ4v) is 4.85. The summed E-state index contributed by atoms with van der Waals surface area (Å²) in [6.07, 6.45) is 0.994. The van der Waals surface area contributed by atoms with Gasteiger partial charge in [0, 0.05) is 50.2 Å². The summed E-state index contributed by atoms with van der Waals surface area (Å²) in [6, 6.07) is 13.5. The minimum atomic E-state index is -3.65. The number of rotatable bonds is 6. The number of carbonyl (C=O) groups is 2. The molecule has 1 aliphatic heterocycles. The van der Waals surface area contributed by atoms with E-state index in [-0.39, 0.29) is 29.8 Å². The molecule has 1 heterocycles. The third kappa shape index (κ3) is 5.59. The minimum absolute atomic E-state index is 0.0154. The highest BCUT2D eigenvalue weighted by atomic mass is 35.5. The van der Waals surface area contributed by atoms with Gasteiger partial charge in [-0.1, -0.05) is 23.7 Å². The Balaban J connectivity index is 1.54. The van der Waals surface area contributed by atoms with Crippen LogP contribution >= 0.6 is 11.6 Å². The Morgan fingerprint density at radius 3 is 2.13 bits per heavy atom. The molecule has 2 aromatic rings. The highest BCUT2D eigenvalue weighted by Gasteiger charge is 2.29. The van der Waals surface area contributed by atoms with Gasteiger partial charge in [0.05, 0.1) is 4.90 Å². The van der Waals surface area contributed by atoms with Crippen LogP contribution in [0.1, 0.15) is 18.9 Å². The molecule has 1 fully saturated rings. The van der Waals surface area contributed by atoms with Gasteiger partial charge in [-0.3, -0.25) is 9.59 Å². The number of halogens is 1. The second-order valence-corrected chi connectivity index (χ2v) is 9.49. The smallest absolute Gasteiger partial charge is 0.243 e. The molecule has 2 aromatic carbocycles. The third-order valence-electron chi connectivity index (χ3n) is 4.94. The Hall–Kier alpha value is -2.42. The van der Waals surface area contributed by atoms with Crippen molar-refractivity contribution in [3.05, 3.63) is 59.1 Å². The molecule has 0 aromatic heterocycles. The maximum atomic E-state index is 12.9. The Kier molecular flexibility index (Phi) is 7.12. The van der Waals surface area contributed by atoms with E-state index in [1.807, 2.05) is 12.1 Å². The summed E-state index contributed by atoms with van der Waals surface area (Å²) in [5, 5.41) is 3.27. The molecular weight excluding hydrogens is 426 g/mol. The fraction of sp³-hybridized carbons (Fsp3) is 0.333. The molecule has 0 unspecified atom stereocenters. The van der Waals surface area contributed by atoms with Gasteiger partial charge < -0.3 is 10.2 Å². The minimum Gasteiger partial charge on any atom is -0.340 e. The van der Waals surface area contributed by atoms with Crippen molar-refractivity contribution in [3.63, 3.8) is 0 Å². The topological polar surface area (TPSA) is 86.8 Å². The lowest BCUT2D eigenvalue weighted by Crippen LogP contribution is -2.50. The molecule has 2 amide bonds. The number of carbonyl (C=O) groups excluding carboxylic acids is 2. The van der Waals surface area contributed by atoms with Crippen LogP contribution in [0, 0.1) is 0 Å². The highest BCUT2D eigenvalue weighted by molar-refractivity contribution is 7.89. The van der Waals surface area contributed by atoms with Crippen LogP contribution in [0.25, 0.3) is 0 Å². The first kappa shape index (κ1) is 22.3. The lowest BCUT2D eigenvalue weighted by molar-refractivity contribution is -0.132. The second kappa shape index (κ2) is 9.59. The summed E-state index contributed by atoms with van der Waals surface area (Å²) < 4.78 is 27.1. The third-order valence-corrected chi connectivity index (χ3v) is 7.11. The molecule has 1 saturated heterocycles. The van der Waals surface area contributed by atoms with E-state index in [9.17, 15) is 18.0 Å². The predicted molar refractivity (Wildman–Crippen MR) is 116 cm³/mol. The summed E-state index contributed by atoms with van der Waals surface area (Å²) in [4.78, 5) is 25.5.